The molecule has 1 fully saturated rings. The molecule has 1 saturated heterocycles. The van der Waals surface area contributed by atoms with Gasteiger partial charge in [-0.25, -0.2) is 14.6 Å². The first-order valence-electron chi connectivity index (χ1n) is 8.32. The van der Waals surface area contributed by atoms with Gasteiger partial charge in [0.25, 0.3) is 5.56 Å². The predicted octanol–water partition coefficient (Wildman–Crippen LogP) is 1.36. The summed E-state index contributed by atoms with van der Waals surface area (Å²) in [6.45, 7) is 4.51. The summed E-state index contributed by atoms with van der Waals surface area (Å²) < 4.78 is 1.66. The number of aryl methyl sites for hydroxylation is 3. The Labute approximate surface area is 135 Å². The summed E-state index contributed by atoms with van der Waals surface area (Å²) in [5.74, 6) is 1.43. The molecule has 3 heterocycles. The van der Waals surface area contributed by atoms with Gasteiger partial charge in [-0.3, -0.25) is 4.79 Å². The van der Waals surface area contributed by atoms with Crippen LogP contribution in [0.1, 0.15) is 29.8 Å². The second kappa shape index (κ2) is 5.76. The van der Waals surface area contributed by atoms with Gasteiger partial charge in [0.1, 0.15) is 12.1 Å². The highest BCUT2D eigenvalue weighted by Gasteiger charge is 2.29. The first-order chi connectivity index (χ1) is 11.2. The van der Waals surface area contributed by atoms with Crippen LogP contribution in [0.25, 0.3) is 0 Å². The maximum Gasteiger partial charge on any atom is 0.267 e. The molecule has 0 amide bonds. The molecule has 2 aromatic rings. The van der Waals surface area contributed by atoms with Crippen LogP contribution in [-0.2, 0) is 19.4 Å². The molecule has 0 aromatic carbocycles. The first-order valence-corrected chi connectivity index (χ1v) is 8.32. The lowest BCUT2D eigenvalue weighted by Crippen LogP contribution is -2.50. The molecule has 0 unspecified atom stereocenters. The second-order valence-electron chi connectivity index (χ2n) is 6.63. The molecular formula is C17H21N5O. The zero-order valence-electron chi connectivity index (χ0n) is 13.4. The van der Waals surface area contributed by atoms with Crippen LogP contribution in [-0.4, -0.2) is 32.8 Å². The first kappa shape index (κ1) is 14.4. The van der Waals surface area contributed by atoms with Crippen molar-refractivity contribution in [1.82, 2.24) is 19.7 Å². The normalized spacial score (nSPS) is 17.7. The van der Waals surface area contributed by atoms with E-state index in [1.54, 1.807) is 17.1 Å². The van der Waals surface area contributed by atoms with Crippen molar-refractivity contribution in [1.29, 1.82) is 0 Å². The van der Waals surface area contributed by atoms with Gasteiger partial charge in [0.05, 0.1) is 12.2 Å². The van der Waals surface area contributed by atoms with Crippen LogP contribution in [0.15, 0.2) is 23.3 Å². The largest absolute Gasteiger partial charge is 0.356 e. The lowest BCUT2D eigenvalue weighted by molar-refractivity contribution is 0.330. The van der Waals surface area contributed by atoms with Crippen LogP contribution in [0.2, 0.25) is 0 Å². The molecule has 0 atom stereocenters. The number of nitrogens with zero attached hydrogens (tertiary/aromatic N) is 5. The maximum absolute atomic E-state index is 12.2. The van der Waals surface area contributed by atoms with Crippen LogP contribution >= 0.6 is 0 Å². The number of hydrogen-bond donors (Lipinski definition) is 0. The highest BCUT2D eigenvalue weighted by Crippen LogP contribution is 2.24. The second-order valence-corrected chi connectivity index (χ2v) is 6.63. The Kier molecular flexibility index (Phi) is 3.59. The van der Waals surface area contributed by atoms with Gasteiger partial charge in [-0.15, -0.1) is 0 Å². The SMILES string of the molecule is Cc1cc(N2CC(Cn3nc4c(cc3=O)CCCC4)C2)ncn1. The van der Waals surface area contributed by atoms with Crippen LogP contribution in [0.4, 0.5) is 5.82 Å². The fourth-order valence-corrected chi connectivity index (χ4v) is 3.46. The Morgan fingerprint density at radius 3 is 2.83 bits per heavy atom. The van der Waals surface area contributed by atoms with Gasteiger partial charge in [-0.2, -0.15) is 5.10 Å². The van der Waals surface area contributed by atoms with Gasteiger partial charge in [0.15, 0.2) is 0 Å². The van der Waals surface area contributed by atoms with Gasteiger partial charge >= 0.3 is 0 Å². The molecule has 4 rings (SSSR count). The van der Waals surface area contributed by atoms with Crippen molar-refractivity contribution in [3.63, 3.8) is 0 Å². The molecule has 1 aliphatic heterocycles. The average molecular weight is 311 g/mol. The summed E-state index contributed by atoms with van der Waals surface area (Å²) in [5, 5.41) is 4.61. The van der Waals surface area contributed by atoms with Crippen molar-refractivity contribution < 1.29 is 0 Å². The molecule has 1 aliphatic carbocycles. The number of fused-ring (bicyclic) bond motifs is 1. The number of rotatable bonds is 3. The molecule has 0 bridgehead atoms. The standard InChI is InChI=1S/C17H21N5O/c1-12-6-16(19-11-18-12)21-8-13(9-21)10-22-17(23)7-14-4-2-3-5-15(14)20-22/h6-7,11,13H,2-5,8-10H2,1H3. The summed E-state index contributed by atoms with van der Waals surface area (Å²) in [6.07, 6.45) is 5.97. The van der Waals surface area contributed by atoms with Crippen molar-refractivity contribution in [2.75, 3.05) is 18.0 Å². The summed E-state index contributed by atoms with van der Waals surface area (Å²) in [7, 11) is 0. The fraction of sp³-hybridized carbons (Fsp3) is 0.529. The Balaban J connectivity index is 1.43. The molecule has 6 heteroatoms. The van der Waals surface area contributed by atoms with Crippen LogP contribution in [0, 0.1) is 12.8 Å². The van der Waals surface area contributed by atoms with Gasteiger partial charge in [0.2, 0.25) is 0 Å². The van der Waals surface area contributed by atoms with Crippen molar-refractivity contribution in [2.24, 2.45) is 5.92 Å². The van der Waals surface area contributed by atoms with Gasteiger partial charge in [-0.1, -0.05) is 0 Å². The lowest BCUT2D eigenvalue weighted by atomic mass is 9.96. The van der Waals surface area contributed by atoms with Crippen molar-refractivity contribution in [2.45, 2.75) is 39.2 Å². The summed E-state index contributed by atoms with van der Waals surface area (Å²) in [6, 6.07) is 3.80. The summed E-state index contributed by atoms with van der Waals surface area (Å²) >= 11 is 0. The molecule has 0 saturated carbocycles. The van der Waals surface area contributed by atoms with Crippen molar-refractivity contribution >= 4 is 5.82 Å². The van der Waals surface area contributed by atoms with Crippen LogP contribution < -0.4 is 10.5 Å². The van der Waals surface area contributed by atoms with E-state index in [0.717, 1.165) is 48.7 Å². The van der Waals surface area contributed by atoms with Gasteiger partial charge in [-0.05, 0) is 38.2 Å². The molecule has 0 N–H and O–H groups in total. The molecular weight excluding hydrogens is 290 g/mol. The maximum atomic E-state index is 12.2. The smallest absolute Gasteiger partial charge is 0.267 e. The Morgan fingerprint density at radius 2 is 2.00 bits per heavy atom. The minimum Gasteiger partial charge on any atom is -0.356 e. The molecule has 6 nitrogen and oxygen atoms in total. The third kappa shape index (κ3) is 2.85. The van der Waals surface area contributed by atoms with Crippen LogP contribution in [0.5, 0.6) is 0 Å². The van der Waals surface area contributed by atoms with E-state index in [0.29, 0.717) is 12.5 Å². The van der Waals surface area contributed by atoms with Crippen molar-refractivity contribution in [3.05, 3.63) is 45.8 Å². The van der Waals surface area contributed by atoms with E-state index < -0.39 is 0 Å². The summed E-state index contributed by atoms with van der Waals surface area (Å²) in [4.78, 5) is 22.9. The molecule has 120 valence electrons. The number of anilines is 1. The highest BCUT2D eigenvalue weighted by atomic mass is 16.1. The molecule has 2 aliphatic rings. The van der Waals surface area contributed by atoms with Crippen molar-refractivity contribution in [3.8, 4) is 0 Å². The molecule has 23 heavy (non-hydrogen) atoms. The Morgan fingerprint density at radius 1 is 1.17 bits per heavy atom. The van der Waals surface area contributed by atoms with E-state index >= 15 is 0 Å². The zero-order valence-corrected chi connectivity index (χ0v) is 13.4. The van der Waals surface area contributed by atoms with Crippen LogP contribution in [0.3, 0.4) is 0 Å². The minimum atomic E-state index is 0.0435. The molecule has 0 radical (unpaired) electrons. The number of hydrogen-bond acceptors (Lipinski definition) is 5. The third-order valence-corrected chi connectivity index (χ3v) is 4.78. The third-order valence-electron chi connectivity index (χ3n) is 4.78. The van der Waals surface area contributed by atoms with E-state index in [1.165, 1.54) is 12.8 Å². The fourth-order valence-electron chi connectivity index (χ4n) is 3.46. The van der Waals surface area contributed by atoms with E-state index in [9.17, 15) is 4.79 Å². The monoisotopic (exact) mass is 311 g/mol. The van der Waals surface area contributed by atoms with Gasteiger partial charge in [0, 0.05) is 36.8 Å². The van der Waals surface area contributed by atoms with E-state index in [2.05, 4.69) is 20.0 Å². The molecule has 0 spiro atoms. The minimum absolute atomic E-state index is 0.0435. The number of aromatic nitrogens is 4. The van der Waals surface area contributed by atoms with E-state index in [1.807, 2.05) is 13.0 Å². The topological polar surface area (TPSA) is 63.9 Å². The zero-order chi connectivity index (χ0) is 15.8. The molecule has 2 aromatic heterocycles. The Bertz CT molecular complexity index is 779. The Hall–Kier alpha value is -2.24. The van der Waals surface area contributed by atoms with E-state index in [-0.39, 0.29) is 5.56 Å². The lowest BCUT2D eigenvalue weighted by Gasteiger charge is -2.40. The summed E-state index contributed by atoms with van der Waals surface area (Å²) in [5.41, 5.74) is 3.30. The quantitative estimate of drug-likeness (QED) is 0.856. The average Bonchev–Trinajstić information content (AvgIpc) is 2.50. The highest BCUT2D eigenvalue weighted by molar-refractivity contribution is 5.41. The van der Waals surface area contributed by atoms with E-state index in [4.69, 9.17) is 0 Å². The van der Waals surface area contributed by atoms with Gasteiger partial charge < -0.3 is 4.90 Å². The predicted molar refractivity (Wildman–Crippen MR) is 87.6 cm³/mol.